The number of nitrogens with zero attached hydrogens (tertiary/aromatic N) is 2. The van der Waals surface area contributed by atoms with Crippen molar-refractivity contribution in [3.05, 3.63) is 24.5 Å². The molecule has 1 saturated heterocycles. The van der Waals surface area contributed by atoms with Gasteiger partial charge in [-0.3, -0.25) is 9.78 Å². The monoisotopic (exact) mass is 290 g/mol. The van der Waals surface area contributed by atoms with Crippen LogP contribution in [-0.2, 0) is 9.53 Å². The maximum atomic E-state index is 12.9. The van der Waals surface area contributed by atoms with Crippen molar-refractivity contribution in [1.82, 2.24) is 4.98 Å². The third kappa shape index (κ3) is 4.27. The first-order valence-corrected chi connectivity index (χ1v) is 8.09. The Bertz CT molecular complexity index is 434. The van der Waals surface area contributed by atoms with Crippen LogP contribution < -0.4 is 4.90 Å². The largest absolute Gasteiger partial charge is 0.378 e. The van der Waals surface area contributed by atoms with E-state index in [0.29, 0.717) is 6.61 Å². The molecule has 1 aromatic rings. The van der Waals surface area contributed by atoms with Gasteiger partial charge < -0.3 is 9.64 Å². The van der Waals surface area contributed by atoms with Crippen molar-refractivity contribution in [2.24, 2.45) is 5.92 Å². The predicted octanol–water partition coefficient (Wildman–Crippen LogP) is 3.42. The zero-order chi connectivity index (χ0) is 15.1. The number of hydrogen-bond donors (Lipinski definition) is 0. The fourth-order valence-electron chi connectivity index (χ4n) is 2.95. The summed E-state index contributed by atoms with van der Waals surface area (Å²) in [5, 5.41) is 0. The molecule has 2 rings (SSSR count). The molecular weight excluding hydrogens is 264 g/mol. The Hall–Kier alpha value is -1.42. The summed E-state index contributed by atoms with van der Waals surface area (Å²) < 4.78 is 5.76. The van der Waals surface area contributed by atoms with Crippen LogP contribution in [-0.4, -0.2) is 30.1 Å². The minimum Gasteiger partial charge on any atom is -0.378 e. The first-order chi connectivity index (χ1) is 10.3. The Balaban J connectivity index is 2.07. The van der Waals surface area contributed by atoms with Gasteiger partial charge in [-0.1, -0.05) is 20.3 Å². The first kappa shape index (κ1) is 16.0. The van der Waals surface area contributed by atoms with Gasteiger partial charge in [0.25, 0.3) is 0 Å². The topological polar surface area (TPSA) is 42.4 Å². The smallest absolute Gasteiger partial charge is 0.230 e. The van der Waals surface area contributed by atoms with Gasteiger partial charge in [-0.15, -0.1) is 0 Å². The van der Waals surface area contributed by atoms with Crippen molar-refractivity contribution in [3.63, 3.8) is 0 Å². The molecule has 1 fully saturated rings. The molecule has 4 heteroatoms. The van der Waals surface area contributed by atoms with Crippen LogP contribution in [0.3, 0.4) is 0 Å². The Labute approximate surface area is 127 Å². The summed E-state index contributed by atoms with van der Waals surface area (Å²) in [6, 6.07) is 3.85. The molecule has 4 nitrogen and oxygen atoms in total. The molecule has 0 aromatic carbocycles. The van der Waals surface area contributed by atoms with Crippen molar-refractivity contribution in [3.8, 4) is 0 Å². The molecule has 0 unspecified atom stereocenters. The van der Waals surface area contributed by atoms with Gasteiger partial charge in [-0.05, 0) is 37.8 Å². The normalized spacial score (nSPS) is 22.0. The SMILES string of the molecule is CCC[C@@H]1C[C@@H](C(=O)N(CCC)c2cccnc2)CCO1. The molecule has 0 radical (unpaired) electrons. The van der Waals surface area contributed by atoms with Crippen LogP contribution in [0.5, 0.6) is 0 Å². The van der Waals surface area contributed by atoms with E-state index in [9.17, 15) is 4.79 Å². The number of carbonyl (C=O) groups excluding carboxylic acids is 1. The van der Waals surface area contributed by atoms with Gasteiger partial charge in [-0.25, -0.2) is 0 Å². The van der Waals surface area contributed by atoms with E-state index in [4.69, 9.17) is 4.74 Å². The maximum absolute atomic E-state index is 12.9. The van der Waals surface area contributed by atoms with Crippen LogP contribution in [0, 0.1) is 5.92 Å². The molecule has 1 aliphatic rings. The Morgan fingerprint density at radius 3 is 2.95 bits per heavy atom. The molecule has 0 N–H and O–H groups in total. The van der Waals surface area contributed by atoms with Crippen LogP contribution >= 0.6 is 0 Å². The number of amides is 1. The number of pyridine rings is 1. The minimum atomic E-state index is 0.0852. The molecule has 2 atom stereocenters. The highest BCUT2D eigenvalue weighted by Crippen LogP contribution is 2.27. The zero-order valence-electron chi connectivity index (χ0n) is 13.1. The summed E-state index contributed by atoms with van der Waals surface area (Å²) in [7, 11) is 0. The van der Waals surface area contributed by atoms with Gasteiger partial charge >= 0.3 is 0 Å². The number of rotatable bonds is 6. The van der Waals surface area contributed by atoms with Gasteiger partial charge in [-0.2, -0.15) is 0 Å². The lowest BCUT2D eigenvalue weighted by atomic mass is 9.92. The van der Waals surface area contributed by atoms with Crippen molar-refractivity contribution in [2.75, 3.05) is 18.1 Å². The number of hydrogen-bond acceptors (Lipinski definition) is 3. The third-order valence-electron chi connectivity index (χ3n) is 4.00. The Morgan fingerprint density at radius 1 is 1.43 bits per heavy atom. The van der Waals surface area contributed by atoms with E-state index in [1.165, 1.54) is 0 Å². The lowest BCUT2D eigenvalue weighted by Crippen LogP contribution is -2.41. The Kier molecular flexibility index (Phi) is 6.18. The molecule has 1 aromatic heterocycles. The second-order valence-corrected chi connectivity index (χ2v) is 5.70. The summed E-state index contributed by atoms with van der Waals surface area (Å²) >= 11 is 0. The summed E-state index contributed by atoms with van der Waals surface area (Å²) in [6.45, 7) is 5.71. The van der Waals surface area contributed by atoms with E-state index in [1.54, 1.807) is 12.4 Å². The highest BCUT2D eigenvalue weighted by atomic mass is 16.5. The van der Waals surface area contributed by atoms with Gasteiger partial charge in [0.1, 0.15) is 0 Å². The molecule has 1 aliphatic heterocycles. The zero-order valence-corrected chi connectivity index (χ0v) is 13.1. The second-order valence-electron chi connectivity index (χ2n) is 5.70. The molecule has 1 amide bonds. The first-order valence-electron chi connectivity index (χ1n) is 8.09. The van der Waals surface area contributed by atoms with Crippen LogP contribution in [0.1, 0.15) is 46.0 Å². The number of carbonyl (C=O) groups is 1. The van der Waals surface area contributed by atoms with E-state index in [1.807, 2.05) is 17.0 Å². The molecule has 116 valence electrons. The number of anilines is 1. The molecule has 21 heavy (non-hydrogen) atoms. The van der Waals surface area contributed by atoms with E-state index < -0.39 is 0 Å². The highest BCUT2D eigenvalue weighted by molar-refractivity contribution is 5.94. The molecule has 0 bridgehead atoms. The molecule has 0 aliphatic carbocycles. The van der Waals surface area contributed by atoms with Crippen LogP contribution in [0.25, 0.3) is 0 Å². The van der Waals surface area contributed by atoms with Crippen molar-refractivity contribution >= 4 is 11.6 Å². The lowest BCUT2D eigenvalue weighted by Gasteiger charge is -2.32. The van der Waals surface area contributed by atoms with Gasteiger partial charge in [0, 0.05) is 25.3 Å². The van der Waals surface area contributed by atoms with E-state index >= 15 is 0 Å². The number of ether oxygens (including phenoxy) is 1. The number of aromatic nitrogens is 1. The average Bonchev–Trinajstić information content (AvgIpc) is 2.53. The average molecular weight is 290 g/mol. The highest BCUT2D eigenvalue weighted by Gasteiger charge is 2.30. The second kappa shape index (κ2) is 8.13. The molecular formula is C17H26N2O2. The van der Waals surface area contributed by atoms with Crippen molar-refractivity contribution in [2.45, 2.75) is 52.1 Å². The van der Waals surface area contributed by atoms with Crippen LogP contribution in [0.2, 0.25) is 0 Å². The lowest BCUT2D eigenvalue weighted by molar-refractivity contribution is -0.127. The van der Waals surface area contributed by atoms with Gasteiger partial charge in [0.2, 0.25) is 5.91 Å². The minimum absolute atomic E-state index is 0.0852. The predicted molar refractivity (Wildman–Crippen MR) is 84.3 cm³/mol. The molecule has 0 saturated carbocycles. The summed E-state index contributed by atoms with van der Waals surface area (Å²) in [5.74, 6) is 0.316. The van der Waals surface area contributed by atoms with E-state index in [2.05, 4.69) is 18.8 Å². The molecule has 2 heterocycles. The fourth-order valence-corrected chi connectivity index (χ4v) is 2.95. The quantitative estimate of drug-likeness (QED) is 0.806. The molecule has 0 spiro atoms. The van der Waals surface area contributed by atoms with Crippen molar-refractivity contribution in [1.29, 1.82) is 0 Å². The van der Waals surface area contributed by atoms with E-state index in [0.717, 1.165) is 44.3 Å². The maximum Gasteiger partial charge on any atom is 0.230 e. The standard InChI is InChI=1S/C17H26N2O2/c1-3-6-16-12-14(8-11-21-16)17(20)19(10-4-2)15-7-5-9-18-13-15/h5,7,9,13-14,16H,3-4,6,8,10-12H2,1-2H3/t14-,16+/m0/s1. The van der Waals surface area contributed by atoms with Crippen LogP contribution in [0.15, 0.2) is 24.5 Å². The van der Waals surface area contributed by atoms with Gasteiger partial charge in [0.05, 0.1) is 18.0 Å². The summed E-state index contributed by atoms with van der Waals surface area (Å²) in [5.41, 5.74) is 0.905. The van der Waals surface area contributed by atoms with Crippen LogP contribution in [0.4, 0.5) is 5.69 Å². The van der Waals surface area contributed by atoms with Crippen molar-refractivity contribution < 1.29 is 9.53 Å². The summed E-state index contributed by atoms with van der Waals surface area (Å²) in [6.07, 6.45) is 8.54. The van der Waals surface area contributed by atoms with E-state index in [-0.39, 0.29) is 17.9 Å². The third-order valence-corrected chi connectivity index (χ3v) is 4.00. The Morgan fingerprint density at radius 2 is 2.29 bits per heavy atom. The van der Waals surface area contributed by atoms with Gasteiger partial charge in [0.15, 0.2) is 0 Å². The fraction of sp³-hybridized carbons (Fsp3) is 0.647. The summed E-state index contributed by atoms with van der Waals surface area (Å²) in [4.78, 5) is 18.9.